The Balaban J connectivity index is 1.76. The third-order valence-electron chi connectivity index (χ3n) is 3.83. The maximum absolute atomic E-state index is 13.0. The van der Waals surface area contributed by atoms with Crippen LogP contribution in [0.3, 0.4) is 0 Å². The van der Waals surface area contributed by atoms with E-state index < -0.39 is 17.6 Å². The number of hydrogen-bond acceptors (Lipinski definition) is 5. The molecule has 10 heteroatoms. The fraction of sp³-hybridized carbons (Fsp3) is 0.167. The van der Waals surface area contributed by atoms with Gasteiger partial charge in [-0.1, -0.05) is 6.07 Å². The minimum atomic E-state index is -4.53. The highest BCUT2D eigenvalue weighted by atomic mass is 32.1. The van der Waals surface area contributed by atoms with Crippen molar-refractivity contribution in [1.29, 1.82) is 0 Å². The predicted octanol–water partition coefficient (Wildman–Crippen LogP) is 3.40. The molecule has 0 radical (unpaired) electrons. The first-order chi connectivity index (χ1) is 13.3. The normalized spacial score (nSPS) is 11.3. The maximum atomic E-state index is 13.0. The zero-order chi connectivity index (χ0) is 20.3. The minimum absolute atomic E-state index is 0.0180. The average Bonchev–Trinajstić information content (AvgIpc) is 3.16. The molecule has 0 unspecified atom stereocenters. The number of carbonyl (C=O) groups is 1. The number of nitrogens with one attached hydrogen (secondary N) is 1. The number of benzene rings is 1. The Bertz CT molecular complexity index is 1000. The van der Waals surface area contributed by atoms with Crippen LogP contribution in [0.1, 0.15) is 21.7 Å². The van der Waals surface area contributed by atoms with Crippen molar-refractivity contribution in [3.63, 3.8) is 0 Å². The zero-order valence-electron chi connectivity index (χ0n) is 14.5. The molecule has 0 saturated heterocycles. The van der Waals surface area contributed by atoms with Gasteiger partial charge in [-0.05, 0) is 18.2 Å². The molecule has 3 aromatic rings. The Hall–Kier alpha value is -3.14. The van der Waals surface area contributed by atoms with Gasteiger partial charge in [0.25, 0.3) is 5.91 Å². The largest absolute Gasteiger partial charge is 0.618 e. The number of rotatable bonds is 5. The number of nitrogens with zero attached hydrogens (tertiary/aromatic N) is 2. The van der Waals surface area contributed by atoms with Gasteiger partial charge in [-0.15, -0.1) is 11.3 Å². The van der Waals surface area contributed by atoms with E-state index >= 15 is 0 Å². The van der Waals surface area contributed by atoms with Gasteiger partial charge in [0.2, 0.25) is 5.69 Å². The van der Waals surface area contributed by atoms with Gasteiger partial charge in [-0.25, -0.2) is 4.98 Å². The summed E-state index contributed by atoms with van der Waals surface area (Å²) in [5.74, 6) is -0.819. The van der Waals surface area contributed by atoms with Crippen molar-refractivity contribution in [2.24, 2.45) is 0 Å². The van der Waals surface area contributed by atoms with E-state index in [1.54, 1.807) is 18.2 Å². The maximum Gasteiger partial charge on any atom is 0.419 e. The summed E-state index contributed by atoms with van der Waals surface area (Å²) in [6.45, 7) is 0.0180. The number of ether oxygens (including phenoxy) is 1. The molecule has 146 valence electrons. The third kappa shape index (κ3) is 4.22. The monoisotopic (exact) mass is 409 g/mol. The second kappa shape index (κ2) is 7.85. The summed E-state index contributed by atoms with van der Waals surface area (Å²) in [6, 6.07) is 8.24. The molecule has 0 saturated carbocycles. The van der Waals surface area contributed by atoms with E-state index in [1.165, 1.54) is 23.7 Å². The quantitative estimate of drug-likeness (QED) is 0.518. The molecule has 3 rings (SSSR count). The molecule has 0 spiro atoms. The smallest absolute Gasteiger partial charge is 0.419 e. The van der Waals surface area contributed by atoms with Crippen molar-refractivity contribution in [1.82, 2.24) is 10.3 Å². The van der Waals surface area contributed by atoms with Gasteiger partial charge in [-0.2, -0.15) is 17.9 Å². The summed E-state index contributed by atoms with van der Waals surface area (Å²) in [5, 5.41) is 16.0. The van der Waals surface area contributed by atoms with E-state index in [0.717, 1.165) is 24.5 Å². The van der Waals surface area contributed by atoms with Crippen LogP contribution in [0, 0.1) is 5.21 Å². The van der Waals surface area contributed by atoms with E-state index in [4.69, 9.17) is 4.74 Å². The molecule has 0 aliphatic rings. The van der Waals surface area contributed by atoms with Gasteiger partial charge < -0.3 is 15.3 Å². The number of carbonyl (C=O) groups excluding carboxylic acids is 1. The van der Waals surface area contributed by atoms with Crippen LogP contribution in [0.4, 0.5) is 13.2 Å². The van der Waals surface area contributed by atoms with Crippen LogP contribution in [-0.2, 0) is 12.7 Å². The molecule has 0 aliphatic carbocycles. The van der Waals surface area contributed by atoms with Gasteiger partial charge in [0.05, 0.1) is 12.7 Å². The number of pyridine rings is 1. The molecule has 28 heavy (non-hydrogen) atoms. The van der Waals surface area contributed by atoms with E-state index in [2.05, 4.69) is 10.3 Å². The van der Waals surface area contributed by atoms with Crippen LogP contribution >= 0.6 is 11.3 Å². The fourth-order valence-corrected chi connectivity index (χ4v) is 3.23. The number of hydrogen-bond donors (Lipinski definition) is 1. The molecule has 0 fully saturated rings. The van der Waals surface area contributed by atoms with Gasteiger partial charge >= 0.3 is 6.18 Å². The van der Waals surface area contributed by atoms with E-state index in [1.807, 2.05) is 0 Å². The Morgan fingerprint density at radius 2 is 2.11 bits per heavy atom. The van der Waals surface area contributed by atoms with Crippen LogP contribution in [0.2, 0.25) is 0 Å². The first kappa shape index (κ1) is 19.6. The molecule has 1 amide bonds. The second-order valence-electron chi connectivity index (χ2n) is 5.65. The van der Waals surface area contributed by atoms with Crippen LogP contribution < -0.4 is 14.8 Å². The average molecular weight is 409 g/mol. The van der Waals surface area contributed by atoms with Crippen LogP contribution in [0.5, 0.6) is 5.75 Å². The Morgan fingerprint density at radius 3 is 2.79 bits per heavy atom. The van der Waals surface area contributed by atoms with E-state index in [9.17, 15) is 23.2 Å². The minimum Gasteiger partial charge on any atom is -0.618 e. The lowest BCUT2D eigenvalue weighted by molar-refractivity contribution is -0.614. The van der Waals surface area contributed by atoms with Crippen molar-refractivity contribution in [2.75, 3.05) is 7.11 Å². The molecule has 2 heterocycles. The molecular weight excluding hydrogens is 395 g/mol. The summed E-state index contributed by atoms with van der Waals surface area (Å²) < 4.78 is 44.4. The SMILES string of the molecule is COc1cc(-c2nc(C(=O)NCc3cccc[n+]3[O-])cs2)ccc1C(F)(F)F. The Morgan fingerprint density at radius 1 is 1.32 bits per heavy atom. The molecular formula is C18H14F3N3O3S. The fourth-order valence-electron chi connectivity index (χ4n) is 2.43. The molecule has 2 aromatic heterocycles. The van der Waals surface area contributed by atoms with E-state index in [0.29, 0.717) is 21.0 Å². The third-order valence-corrected chi connectivity index (χ3v) is 4.72. The summed E-state index contributed by atoms with van der Waals surface area (Å²) in [5.41, 5.74) is -0.0255. The molecule has 1 aromatic carbocycles. The van der Waals surface area contributed by atoms with Crippen molar-refractivity contribution in [3.8, 4) is 16.3 Å². The zero-order valence-corrected chi connectivity index (χ0v) is 15.3. The van der Waals surface area contributed by atoms with Gasteiger partial charge in [0.1, 0.15) is 23.0 Å². The topological polar surface area (TPSA) is 78.2 Å². The highest BCUT2D eigenvalue weighted by molar-refractivity contribution is 7.13. The Labute approximate surface area is 161 Å². The summed E-state index contributed by atoms with van der Waals surface area (Å²) in [4.78, 5) is 16.4. The van der Waals surface area contributed by atoms with Crippen LogP contribution in [0.25, 0.3) is 10.6 Å². The summed E-state index contributed by atoms with van der Waals surface area (Å²) in [6.07, 6.45) is -3.21. The van der Waals surface area contributed by atoms with Crippen LogP contribution in [0.15, 0.2) is 48.0 Å². The van der Waals surface area contributed by atoms with Crippen molar-refractivity contribution >= 4 is 17.2 Å². The number of thiazole rings is 1. The Kier molecular flexibility index (Phi) is 5.50. The van der Waals surface area contributed by atoms with Gasteiger partial charge in [0.15, 0.2) is 6.20 Å². The highest BCUT2D eigenvalue weighted by Gasteiger charge is 2.34. The molecule has 0 bridgehead atoms. The first-order valence-corrected chi connectivity index (χ1v) is 8.84. The van der Waals surface area contributed by atoms with Crippen molar-refractivity contribution in [2.45, 2.75) is 12.7 Å². The van der Waals surface area contributed by atoms with Crippen molar-refractivity contribution in [3.05, 3.63) is 70.1 Å². The molecule has 6 nitrogen and oxygen atoms in total. The number of amides is 1. The summed E-state index contributed by atoms with van der Waals surface area (Å²) in [7, 11) is 1.15. The van der Waals surface area contributed by atoms with Crippen molar-refractivity contribution < 1.29 is 27.4 Å². The van der Waals surface area contributed by atoms with Gasteiger partial charge in [0, 0.05) is 23.1 Å². The number of halogens is 3. The highest BCUT2D eigenvalue weighted by Crippen LogP contribution is 2.38. The lowest BCUT2D eigenvalue weighted by Gasteiger charge is -2.12. The predicted molar refractivity (Wildman–Crippen MR) is 95.7 cm³/mol. The summed E-state index contributed by atoms with van der Waals surface area (Å²) >= 11 is 1.11. The standard InChI is InChI=1S/C18H14F3N3O3S/c1-27-15-8-11(5-6-13(15)18(19,20)21)17-23-14(10-28-17)16(25)22-9-12-4-2-3-7-24(12)26/h2-8,10H,9H2,1H3,(H,22,25). The lowest BCUT2D eigenvalue weighted by atomic mass is 10.1. The number of methoxy groups -OCH3 is 1. The number of alkyl halides is 3. The van der Waals surface area contributed by atoms with E-state index in [-0.39, 0.29) is 18.0 Å². The molecule has 0 aliphatic heterocycles. The molecule has 1 N–H and O–H groups in total. The lowest BCUT2D eigenvalue weighted by Crippen LogP contribution is -2.35. The second-order valence-corrected chi connectivity index (χ2v) is 6.51. The number of aromatic nitrogens is 2. The molecule has 0 atom stereocenters. The first-order valence-electron chi connectivity index (χ1n) is 7.96. The van der Waals surface area contributed by atoms with Gasteiger partial charge in [-0.3, -0.25) is 4.79 Å². The van der Waals surface area contributed by atoms with Crippen LogP contribution in [-0.4, -0.2) is 18.0 Å².